The third kappa shape index (κ3) is 4.28. The van der Waals surface area contributed by atoms with Crippen LogP contribution in [-0.4, -0.2) is 7.11 Å². The van der Waals surface area contributed by atoms with Gasteiger partial charge in [0.25, 0.3) is 0 Å². The second kappa shape index (κ2) is 6.61. The summed E-state index contributed by atoms with van der Waals surface area (Å²) >= 11 is 0. The molecule has 0 unspecified atom stereocenters. The van der Waals surface area contributed by atoms with E-state index in [1.807, 2.05) is 0 Å². The van der Waals surface area contributed by atoms with Gasteiger partial charge in [-0.1, -0.05) is 26.8 Å². The SMILES string of the molecule is COc1cc(C)c(CCCCC#N)cc1C(C)(C)C. The molecule has 0 N–H and O–H groups in total. The Bertz CT molecular complexity index is 463. The predicted molar refractivity (Wildman–Crippen MR) is 79.6 cm³/mol. The van der Waals surface area contributed by atoms with Crippen LogP contribution in [0.5, 0.6) is 5.75 Å². The number of ether oxygens (including phenoxy) is 1. The Labute approximate surface area is 117 Å². The Kier molecular flexibility index (Phi) is 5.42. The van der Waals surface area contributed by atoms with Gasteiger partial charge in [-0.3, -0.25) is 0 Å². The van der Waals surface area contributed by atoms with Crippen molar-refractivity contribution in [1.82, 2.24) is 0 Å². The van der Waals surface area contributed by atoms with E-state index in [0.717, 1.165) is 25.0 Å². The maximum atomic E-state index is 8.57. The average molecular weight is 259 g/mol. The van der Waals surface area contributed by atoms with Crippen LogP contribution >= 0.6 is 0 Å². The van der Waals surface area contributed by atoms with Crippen LogP contribution in [0, 0.1) is 18.3 Å². The van der Waals surface area contributed by atoms with Crippen molar-refractivity contribution in [2.45, 2.75) is 58.8 Å². The normalized spacial score (nSPS) is 11.2. The molecule has 0 heterocycles. The highest BCUT2D eigenvalue weighted by atomic mass is 16.5. The lowest BCUT2D eigenvalue weighted by molar-refractivity contribution is 0.397. The largest absolute Gasteiger partial charge is 0.496 e. The van der Waals surface area contributed by atoms with Crippen molar-refractivity contribution in [3.05, 3.63) is 28.8 Å². The average Bonchev–Trinajstić information content (AvgIpc) is 2.34. The standard InChI is InChI=1S/C17H25NO/c1-13-11-16(19-5)15(17(2,3)4)12-14(13)9-7-6-8-10-18/h11-12H,6-9H2,1-5H3. The molecule has 1 aromatic carbocycles. The zero-order chi connectivity index (χ0) is 14.5. The first kappa shape index (κ1) is 15.6. The van der Waals surface area contributed by atoms with Gasteiger partial charge in [0.1, 0.15) is 5.75 Å². The predicted octanol–water partition coefficient (Wildman–Crippen LogP) is 4.54. The molecule has 0 atom stereocenters. The van der Waals surface area contributed by atoms with Gasteiger partial charge >= 0.3 is 0 Å². The maximum Gasteiger partial charge on any atom is 0.122 e. The number of nitrogens with zero attached hydrogens (tertiary/aromatic N) is 1. The highest BCUT2D eigenvalue weighted by Gasteiger charge is 2.20. The molecule has 0 aliphatic rings. The van der Waals surface area contributed by atoms with Crippen LogP contribution in [0.1, 0.15) is 56.7 Å². The number of rotatable bonds is 5. The van der Waals surface area contributed by atoms with E-state index in [4.69, 9.17) is 10.00 Å². The van der Waals surface area contributed by atoms with Gasteiger partial charge in [0.05, 0.1) is 13.2 Å². The minimum absolute atomic E-state index is 0.0838. The monoisotopic (exact) mass is 259 g/mol. The lowest BCUT2D eigenvalue weighted by atomic mass is 9.83. The summed E-state index contributed by atoms with van der Waals surface area (Å²) in [6, 6.07) is 6.62. The fourth-order valence-corrected chi connectivity index (χ4v) is 2.27. The summed E-state index contributed by atoms with van der Waals surface area (Å²) in [6.07, 6.45) is 3.75. The Balaban J connectivity index is 2.97. The number of unbranched alkanes of at least 4 members (excludes halogenated alkanes) is 2. The van der Waals surface area contributed by atoms with Crippen molar-refractivity contribution in [3.8, 4) is 11.8 Å². The second-order valence-electron chi connectivity index (χ2n) is 6.09. The van der Waals surface area contributed by atoms with Crippen molar-refractivity contribution in [2.24, 2.45) is 0 Å². The van der Waals surface area contributed by atoms with Crippen LogP contribution < -0.4 is 4.74 Å². The topological polar surface area (TPSA) is 33.0 Å². The summed E-state index contributed by atoms with van der Waals surface area (Å²) in [4.78, 5) is 0. The lowest BCUT2D eigenvalue weighted by Gasteiger charge is -2.24. The third-order valence-corrected chi connectivity index (χ3v) is 3.45. The number of methoxy groups -OCH3 is 1. The molecule has 2 heteroatoms. The molecular weight excluding hydrogens is 234 g/mol. The summed E-state index contributed by atoms with van der Waals surface area (Å²) in [5.74, 6) is 0.978. The number of hydrogen-bond donors (Lipinski definition) is 0. The van der Waals surface area contributed by atoms with Crippen LogP contribution in [0.4, 0.5) is 0 Å². The molecular formula is C17H25NO. The van der Waals surface area contributed by atoms with Gasteiger partial charge in [0, 0.05) is 6.42 Å². The molecule has 0 bridgehead atoms. The van der Waals surface area contributed by atoms with Gasteiger partial charge in [0.2, 0.25) is 0 Å². The molecule has 0 aliphatic heterocycles. The molecule has 0 fully saturated rings. The molecule has 0 saturated heterocycles. The van der Waals surface area contributed by atoms with Gasteiger partial charge in [-0.15, -0.1) is 0 Å². The van der Waals surface area contributed by atoms with E-state index in [0.29, 0.717) is 6.42 Å². The van der Waals surface area contributed by atoms with E-state index in [-0.39, 0.29) is 5.41 Å². The first-order valence-corrected chi connectivity index (χ1v) is 6.95. The van der Waals surface area contributed by atoms with Crippen LogP contribution in [0.25, 0.3) is 0 Å². The summed E-state index contributed by atoms with van der Waals surface area (Å²) in [5, 5.41) is 8.57. The molecule has 0 spiro atoms. The second-order valence-corrected chi connectivity index (χ2v) is 6.09. The van der Waals surface area contributed by atoms with Crippen LogP contribution in [-0.2, 0) is 11.8 Å². The third-order valence-electron chi connectivity index (χ3n) is 3.45. The van der Waals surface area contributed by atoms with Crippen molar-refractivity contribution >= 4 is 0 Å². The number of nitriles is 1. The van der Waals surface area contributed by atoms with Crippen LogP contribution in [0.3, 0.4) is 0 Å². The first-order chi connectivity index (χ1) is 8.90. The molecule has 0 aromatic heterocycles. The summed E-state index contributed by atoms with van der Waals surface area (Å²) in [7, 11) is 1.73. The van der Waals surface area contributed by atoms with Crippen LogP contribution in [0.2, 0.25) is 0 Å². The molecule has 0 aliphatic carbocycles. The highest BCUT2D eigenvalue weighted by molar-refractivity contribution is 5.45. The van der Waals surface area contributed by atoms with E-state index >= 15 is 0 Å². The molecule has 1 rings (SSSR count). The van der Waals surface area contributed by atoms with Gasteiger partial charge in [-0.25, -0.2) is 0 Å². The van der Waals surface area contributed by atoms with Gasteiger partial charge in [0.15, 0.2) is 0 Å². The van der Waals surface area contributed by atoms with Crippen molar-refractivity contribution < 1.29 is 4.74 Å². The molecule has 0 radical (unpaired) electrons. The zero-order valence-electron chi connectivity index (χ0n) is 12.8. The van der Waals surface area contributed by atoms with Crippen molar-refractivity contribution in [1.29, 1.82) is 5.26 Å². The molecule has 1 aromatic rings. The smallest absolute Gasteiger partial charge is 0.122 e. The fourth-order valence-electron chi connectivity index (χ4n) is 2.27. The van der Waals surface area contributed by atoms with E-state index in [2.05, 4.69) is 45.9 Å². The van der Waals surface area contributed by atoms with E-state index in [1.54, 1.807) is 7.11 Å². The number of aryl methyl sites for hydroxylation is 2. The molecule has 2 nitrogen and oxygen atoms in total. The minimum Gasteiger partial charge on any atom is -0.496 e. The Hall–Kier alpha value is -1.49. The maximum absolute atomic E-state index is 8.57. The Morgan fingerprint density at radius 1 is 1.21 bits per heavy atom. The van der Waals surface area contributed by atoms with E-state index < -0.39 is 0 Å². The van der Waals surface area contributed by atoms with Crippen molar-refractivity contribution in [2.75, 3.05) is 7.11 Å². The Morgan fingerprint density at radius 3 is 2.42 bits per heavy atom. The molecule has 0 amide bonds. The quantitative estimate of drug-likeness (QED) is 0.727. The molecule has 104 valence electrons. The van der Waals surface area contributed by atoms with E-state index in [1.165, 1.54) is 16.7 Å². The molecule has 0 saturated carbocycles. The van der Waals surface area contributed by atoms with Gasteiger partial charge in [-0.05, 0) is 54.4 Å². The zero-order valence-corrected chi connectivity index (χ0v) is 12.8. The fraction of sp³-hybridized carbons (Fsp3) is 0.588. The van der Waals surface area contributed by atoms with Gasteiger partial charge in [-0.2, -0.15) is 5.26 Å². The minimum atomic E-state index is 0.0838. The van der Waals surface area contributed by atoms with Crippen molar-refractivity contribution in [3.63, 3.8) is 0 Å². The number of benzene rings is 1. The highest BCUT2D eigenvalue weighted by Crippen LogP contribution is 2.34. The van der Waals surface area contributed by atoms with Gasteiger partial charge < -0.3 is 4.74 Å². The summed E-state index contributed by atoms with van der Waals surface area (Å²) in [6.45, 7) is 8.76. The number of hydrogen-bond acceptors (Lipinski definition) is 2. The van der Waals surface area contributed by atoms with Crippen LogP contribution in [0.15, 0.2) is 12.1 Å². The molecule has 19 heavy (non-hydrogen) atoms. The lowest BCUT2D eigenvalue weighted by Crippen LogP contribution is -2.14. The first-order valence-electron chi connectivity index (χ1n) is 6.95. The summed E-state index contributed by atoms with van der Waals surface area (Å²) in [5.41, 5.74) is 4.00. The summed E-state index contributed by atoms with van der Waals surface area (Å²) < 4.78 is 5.51. The Morgan fingerprint density at radius 2 is 1.89 bits per heavy atom. The van der Waals surface area contributed by atoms with E-state index in [9.17, 15) is 0 Å².